The minimum Gasteiger partial charge on any atom is -0.406 e. The van der Waals surface area contributed by atoms with Crippen LogP contribution in [0.1, 0.15) is 24.8 Å². The van der Waals surface area contributed by atoms with E-state index in [-0.39, 0.29) is 15.7 Å². The zero-order chi connectivity index (χ0) is 20.6. The summed E-state index contributed by atoms with van der Waals surface area (Å²) in [5.41, 5.74) is 0.681. The molecule has 1 aliphatic heterocycles. The number of amides is 2. The largest absolute Gasteiger partial charge is 0.573 e. The summed E-state index contributed by atoms with van der Waals surface area (Å²) in [5, 5.41) is 0.543. The van der Waals surface area contributed by atoms with E-state index in [1.54, 1.807) is 6.92 Å². The molecule has 9 heteroatoms. The molecular weight excluding hydrogens is 418 g/mol. The fourth-order valence-electron chi connectivity index (χ4n) is 3.31. The minimum atomic E-state index is -4.81. The van der Waals surface area contributed by atoms with Crippen molar-refractivity contribution in [3.63, 3.8) is 0 Å². The molecule has 2 atom stereocenters. The predicted octanol–water partition coefficient (Wildman–Crippen LogP) is 5.58. The number of carbonyl (C=O) groups is 2. The van der Waals surface area contributed by atoms with Gasteiger partial charge in [-0.25, -0.2) is 4.90 Å². The van der Waals surface area contributed by atoms with E-state index in [0.29, 0.717) is 12.0 Å². The molecule has 148 valence electrons. The van der Waals surface area contributed by atoms with Crippen molar-refractivity contribution in [1.82, 2.24) is 0 Å². The molecule has 0 bridgehead atoms. The van der Waals surface area contributed by atoms with Gasteiger partial charge in [-0.2, -0.15) is 0 Å². The smallest absolute Gasteiger partial charge is 0.406 e. The Morgan fingerprint density at radius 3 is 2.07 bits per heavy atom. The van der Waals surface area contributed by atoms with E-state index >= 15 is 0 Å². The number of imide groups is 1. The Kier molecular flexibility index (Phi) is 5.59. The van der Waals surface area contributed by atoms with Gasteiger partial charge in [-0.1, -0.05) is 42.3 Å². The zero-order valence-electron chi connectivity index (χ0n) is 14.5. The lowest BCUT2D eigenvalue weighted by molar-refractivity contribution is -0.274. The second-order valence-corrected chi connectivity index (χ2v) is 7.12. The number of rotatable bonds is 4. The third-order valence-corrected chi connectivity index (χ3v) is 4.88. The van der Waals surface area contributed by atoms with Crippen LogP contribution < -0.4 is 9.64 Å². The van der Waals surface area contributed by atoms with E-state index in [0.717, 1.165) is 17.0 Å². The molecule has 4 nitrogen and oxygen atoms in total. The number of halogens is 5. The highest BCUT2D eigenvalue weighted by Gasteiger charge is 2.48. The van der Waals surface area contributed by atoms with Crippen LogP contribution in [0, 0.1) is 5.92 Å². The average molecular weight is 432 g/mol. The van der Waals surface area contributed by atoms with Crippen LogP contribution in [0.2, 0.25) is 10.0 Å². The van der Waals surface area contributed by atoms with Gasteiger partial charge in [0.25, 0.3) is 0 Å². The zero-order valence-corrected chi connectivity index (χ0v) is 16.0. The molecule has 2 amide bonds. The lowest BCUT2D eigenvalue weighted by atomic mass is 9.86. The molecule has 1 unspecified atom stereocenters. The lowest BCUT2D eigenvalue weighted by Gasteiger charge is -2.16. The van der Waals surface area contributed by atoms with Crippen LogP contribution in [-0.2, 0) is 9.59 Å². The summed E-state index contributed by atoms with van der Waals surface area (Å²) in [5.74, 6) is -2.78. The Bertz CT molecular complexity index is 895. The van der Waals surface area contributed by atoms with Crippen molar-refractivity contribution in [3.05, 3.63) is 58.1 Å². The van der Waals surface area contributed by atoms with Crippen molar-refractivity contribution in [3.8, 4) is 5.75 Å². The lowest BCUT2D eigenvalue weighted by Crippen LogP contribution is -2.30. The molecule has 1 aliphatic rings. The molecule has 1 heterocycles. The van der Waals surface area contributed by atoms with Gasteiger partial charge >= 0.3 is 6.36 Å². The topological polar surface area (TPSA) is 46.6 Å². The van der Waals surface area contributed by atoms with Gasteiger partial charge in [-0.05, 0) is 42.3 Å². The van der Waals surface area contributed by atoms with E-state index < -0.39 is 35.8 Å². The molecule has 2 aromatic rings. The number of hydrogen-bond donors (Lipinski definition) is 0. The van der Waals surface area contributed by atoms with Gasteiger partial charge in [0.1, 0.15) is 5.75 Å². The number of anilines is 1. The summed E-state index contributed by atoms with van der Waals surface area (Å²) < 4.78 is 40.8. The Hall–Kier alpha value is -2.25. The maximum Gasteiger partial charge on any atom is 0.573 e. The molecule has 0 saturated carbocycles. The Morgan fingerprint density at radius 1 is 1.00 bits per heavy atom. The van der Waals surface area contributed by atoms with Crippen LogP contribution in [0.25, 0.3) is 0 Å². The number of ether oxygens (including phenoxy) is 1. The van der Waals surface area contributed by atoms with Crippen molar-refractivity contribution in [2.45, 2.75) is 25.6 Å². The number of hydrogen-bond acceptors (Lipinski definition) is 3. The fourth-order valence-corrected chi connectivity index (χ4v) is 3.83. The summed E-state index contributed by atoms with van der Waals surface area (Å²) in [6.45, 7) is 1.76. The van der Waals surface area contributed by atoms with E-state index in [2.05, 4.69) is 4.74 Å². The van der Waals surface area contributed by atoms with Crippen molar-refractivity contribution in [2.24, 2.45) is 5.92 Å². The van der Waals surface area contributed by atoms with Crippen LogP contribution in [0.15, 0.2) is 42.5 Å². The quantitative estimate of drug-likeness (QED) is 0.594. The summed E-state index contributed by atoms with van der Waals surface area (Å²) in [4.78, 5) is 26.9. The monoisotopic (exact) mass is 431 g/mol. The van der Waals surface area contributed by atoms with Gasteiger partial charge in [0.2, 0.25) is 11.8 Å². The molecule has 1 saturated heterocycles. The number of alkyl halides is 3. The molecule has 3 rings (SSSR count). The van der Waals surface area contributed by atoms with Gasteiger partial charge in [-0.15, -0.1) is 13.2 Å². The molecule has 2 aromatic carbocycles. The Balaban J connectivity index is 1.95. The standard InChI is InChI=1S/C19H14Cl2F3NO3/c1-2-15-16(10-3-5-14(6-4-10)28-19(22,23)24)18(27)25(17(15)26)13-8-11(20)7-12(21)9-13/h3-9,15-16H,2H2,1H3/t15?,16-/m0/s1. The first kappa shape index (κ1) is 20.5. The molecule has 0 aliphatic carbocycles. The highest BCUT2D eigenvalue weighted by molar-refractivity contribution is 6.35. The van der Waals surface area contributed by atoms with Crippen LogP contribution in [0.3, 0.4) is 0 Å². The fraction of sp³-hybridized carbons (Fsp3) is 0.263. The van der Waals surface area contributed by atoms with Crippen molar-refractivity contribution in [2.75, 3.05) is 4.90 Å². The van der Waals surface area contributed by atoms with Crippen LogP contribution in [0.5, 0.6) is 5.75 Å². The van der Waals surface area contributed by atoms with Gasteiger partial charge in [0, 0.05) is 10.0 Å². The van der Waals surface area contributed by atoms with Gasteiger partial charge in [0.15, 0.2) is 0 Å². The van der Waals surface area contributed by atoms with Crippen molar-refractivity contribution >= 4 is 40.7 Å². The van der Waals surface area contributed by atoms with Gasteiger partial charge in [-0.3, -0.25) is 9.59 Å². The van der Waals surface area contributed by atoms with Crippen LogP contribution >= 0.6 is 23.2 Å². The Morgan fingerprint density at radius 2 is 1.57 bits per heavy atom. The maximum atomic E-state index is 13.0. The van der Waals surface area contributed by atoms with E-state index in [1.807, 2.05) is 0 Å². The molecular formula is C19H14Cl2F3NO3. The van der Waals surface area contributed by atoms with E-state index in [9.17, 15) is 22.8 Å². The predicted molar refractivity (Wildman–Crippen MR) is 98.6 cm³/mol. The van der Waals surface area contributed by atoms with Crippen molar-refractivity contribution in [1.29, 1.82) is 0 Å². The second-order valence-electron chi connectivity index (χ2n) is 6.25. The summed E-state index contributed by atoms with van der Waals surface area (Å²) in [6.07, 6.45) is -4.43. The SMILES string of the molecule is CCC1C(=O)N(c2cc(Cl)cc(Cl)c2)C(=O)[C@H]1c1ccc(OC(F)(F)F)cc1. The van der Waals surface area contributed by atoms with Crippen molar-refractivity contribution < 1.29 is 27.5 Å². The van der Waals surface area contributed by atoms with Crippen LogP contribution in [-0.4, -0.2) is 18.2 Å². The first-order valence-corrected chi connectivity index (χ1v) is 9.06. The molecule has 0 spiro atoms. The summed E-state index contributed by atoms with van der Waals surface area (Å²) >= 11 is 12.0. The van der Waals surface area contributed by atoms with Gasteiger partial charge < -0.3 is 4.74 Å². The van der Waals surface area contributed by atoms with E-state index in [4.69, 9.17) is 23.2 Å². The molecule has 0 N–H and O–H groups in total. The highest BCUT2D eigenvalue weighted by atomic mass is 35.5. The molecule has 28 heavy (non-hydrogen) atoms. The molecule has 1 fully saturated rings. The summed E-state index contributed by atoms with van der Waals surface area (Å²) in [6, 6.07) is 9.34. The van der Waals surface area contributed by atoms with Crippen LogP contribution in [0.4, 0.5) is 18.9 Å². The average Bonchev–Trinajstić information content (AvgIpc) is 2.83. The molecule has 0 radical (unpaired) electrons. The van der Waals surface area contributed by atoms with E-state index in [1.165, 1.54) is 30.3 Å². The highest BCUT2D eigenvalue weighted by Crippen LogP contribution is 2.41. The Labute approximate surface area is 168 Å². The molecule has 0 aromatic heterocycles. The first-order valence-electron chi connectivity index (χ1n) is 8.30. The maximum absolute atomic E-state index is 13.0. The third-order valence-electron chi connectivity index (χ3n) is 4.44. The van der Waals surface area contributed by atoms with Gasteiger partial charge in [0.05, 0.1) is 17.5 Å². The minimum absolute atomic E-state index is 0.255. The third kappa shape index (κ3) is 4.10. The summed E-state index contributed by atoms with van der Waals surface area (Å²) in [7, 11) is 0. The number of nitrogens with zero attached hydrogens (tertiary/aromatic N) is 1. The number of benzene rings is 2. The first-order chi connectivity index (χ1) is 13.1. The normalized spacial score (nSPS) is 20.0. The second kappa shape index (κ2) is 7.64. The number of carbonyl (C=O) groups excluding carboxylic acids is 2.